The minimum absolute atomic E-state index is 0.251. The molecule has 0 atom stereocenters. The summed E-state index contributed by atoms with van der Waals surface area (Å²) in [6.45, 7) is 7.91. The van der Waals surface area contributed by atoms with Crippen LogP contribution in [0.3, 0.4) is 0 Å². The van der Waals surface area contributed by atoms with Crippen molar-refractivity contribution in [2.45, 2.75) is 44.7 Å². The molecule has 2 N–H and O–H groups in total. The van der Waals surface area contributed by atoms with Gasteiger partial charge in [-0.25, -0.2) is 8.42 Å². The Morgan fingerprint density at radius 2 is 2.00 bits per heavy atom. The SMILES string of the molecule is CN=C(NCCCOC(C)C)NCc1ccc(S(C)(=O)=O)c(C)c1. The predicted molar refractivity (Wildman–Crippen MR) is 98.2 cm³/mol. The fraction of sp³-hybridized carbons (Fsp3) is 0.588. The van der Waals surface area contributed by atoms with E-state index in [1.54, 1.807) is 13.1 Å². The van der Waals surface area contributed by atoms with Crippen molar-refractivity contribution in [3.63, 3.8) is 0 Å². The summed E-state index contributed by atoms with van der Waals surface area (Å²) in [6.07, 6.45) is 2.38. The van der Waals surface area contributed by atoms with Crippen LogP contribution in [-0.2, 0) is 21.1 Å². The highest BCUT2D eigenvalue weighted by Gasteiger charge is 2.10. The van der Waals surface area contributed by atoms with Crippen molar-refractivity contribution in [2.24, 2.45) is 4.99 Å². The number of hydrogen-bond donors (Lipinski definition) is 2. The zero-order chi connectivity index (χ0) is 18.2. The molecule has 1 rings (SSSR count). The number of hydrogen-bond acceptors (Lipinski definition) is 4. The number of guanidine groups is 1. The van der Waals surface area contributed by atoms with Crippen molar-refractivity contribution in [3.05, 3.63) is 29.3 Å². The summed E-state index contributed by atoms with van der Waals surface area (Å²) in [6, 6.07) is 5.36. The van der Waals surface area contributed by atoms with Crippen LogP contribution >= 0.6 is 0 Å². The van der Waals surface area contributed by atoms with E-state index in [0.717, 1.165) is 24.1 Å². The van der Waals surface area contributed by atoms with Gasteiger partial charge in [0.1, 0.15) is 0 Å². The smallest absolute Gasteiger partial charge is 0.191 e. The van der Waals surface area contributed by atoms with Gasteiger partial charge in [-0.2, -0.15) is 0 Å². The Hall–Kier alpha value is -1.60. The van der Waals surface area contributed by atoms with Crippen LogP contribution < -0.4 is 10.6 Å². The molecule has 6 nitrogen and oxygen atoms in total. The molecule has 0 saturated carbocycles. The highest BCUT2D eigenvalue weighted by atomic mass is 32.2. The topological polar surface area (TPSA) is 79.8 Å². The molecule has 0 aliphatic heterocycles. The Morgan fingerprint density at radius 3 is 2.54 bits per heavy atom. The van der Waals surface area contributed by atoms with E-state index < -0.39 is 9.84 Å². The number of nitrogens with zero attached hydrogens (tertiary/aromatic N) is 1. The maximum Gasteiger partial charge on any atom is 0.191 e. The normalized spacial score (nSPS) is 12.5. The highest BCUT2D eigenvalue weighted by molar-refractivity contribution is 7.90. The standard InChI is InChI=1S/C17H29N3O3S/c1-13(2)23-10-6-9-19-17(18-4)20-12-15-7-8-16(14(3)11-15)24(5,21)22/h7-8,11,13H,6,9-10,12H2,1-5H3,(H2,18,19,20). The van der Waals surface area contributed by atoms with Gasteiger partial charge in [-0.05, 0) is 44.4 Å². The summed E-state index contributed by atoms with van der Waals surface area (Å²) in [4.78, 5) is 4.55. The lowest BCUT2D eigenvalue weighted by Gasteiger charge is -2.13. The predicted octanol–water partition coefficient (Wildman–Crippen LogP) is 1.88. The van der Waals surface area contributed by atoms with E-state index in [9.17, 15) is 8.42 Å². The van der Waals surface area contributed by atoms with Crippen molar-refractivity contribution >= 4 is 15.8 Å². The molecule has 1 aromatic carbocycles. The van der Waals surface area contributed by atoms with Gasteiger partial charge in [0.25, 0.3) is 0 Å². The van der Waals surface area contributed by atoms with E-state index >= 15 is 0 Å². The second kappa shape index (κ2) is 9.64. The van der Waals surface area contributed by atoms with Crippen molar-refractivity contribution in [3.8, 4) is 0 Å². The molecule has 0 fully saturated rings. The fourth-order valence-electron chi connectivity index (χ4n) is 2.24. The second-order valence-corrected chi connectivity index (χ2v) is 7.98. The molecule has 0 radical (unpaired) electrons. The number of ether oxygens (including phenoxy) is 1. The number of sulfone groups is 1. The minimum atomic E-state index is -3.18. The van der Waals surface area contributed by atoms with Gasteiger partial charge in [0.05, 0.1) is 11.0 Å². The van der Waals surface area contributed by atoms with E-state index in [-0.39, 0.29) is 6.10 Å². The fourth-order valence-corrected chi connectivity index (χ4v) is 3.20. The van der Waals surface area contributed by atoms with Gasteiger partial charge in [0.15, 0.2) is 15.8 Å². The molecule has 24 heavy (non-hydrogen) atoms. The molecule has 0 bridgehead atoms. The van der Waals surface area contributed by atoms with Crippen LogP contribution in [-0.4, -0.2) is 46.9 Å². The second-order valence-electron chi connectivity index (χ2n) is 6.00. The molecule has 0 unspecified atom stereocenters. The van der Waals surface area contributed by atoms with E-state index in [2.05, 4.69) is 15.6 Å². The number of benzene rings is 1. The zero-order valence-corrected chi connectivity index (χ0v) is 16.0. The van der Waals surface area contributed by atoms with Crippen LogP contribution in [0.5, 0.6) is 0 Å². The Bertz CT molecular complexity index is 655. The van der Waals surface area contributed by atoms with Crippen LogP contribution in [0.15, 0.2) is 28.1 Å². The molecular formula is C17H29N3O3S. The number of rotatable bonds is 8. The number of nitrogens with one attached hydrogen (secondary N) is 2. The van der Waals surface area contributed by atoms with Crippen molar-refractivity contribution in [1.29, 1.82) is 0 Å². The van der Waals surface area contributed by atoms with E-state index in [4.69, 9.17) is 4.74 Å². The summed E-state index contributed by atoms with van der Waals surface area (Å²) >= 11 is 0. The molecule has 0 aliphatic carbocycles. The minimum Gasteiger partial charge on any atom is -0.379 e. The molecule has 136 valence electrons. The summed E-state index contributed by atoms with van der Waals surface area (Å²) in [7, 11) is -1.46. The summed E-state index contributed by atoms with van der Waals surface area (Å²) in [5.74, 6) is 0.712. The average Bonchev–Trinajstić information content (AvgIpc) is 2.48. The Labute approximate surface area is 145 Å². The quantitative estimate of drug-likeness (QED) is 0.423. The summed E-state index contributed by atoms with van der Waals surface area (Å²) < 4.78 is 28.8. The monoisotopic (exact) mass is 355 g/mol. The van der Waals surface area contributed by atoms with Crippen LogP contribution in [0.2, 0.25) is 0 Å². The Morgan fingerprint density at radius 1 is 1.29 bits per heavy atom. The lowest BCUT2D eigenvalue weighted by atomic mass is 10.1. The van der Waals surface area contributed by atoms with Crippen molar-refractivity contribution in [1.82, 2.24) is 10.6 Å². The summed E-state index contributed by atoms with van der Waals surface area (Å²) in [5, 5.41) is 6.45. The molecular weight excluding hydrogens is 326 g/mol. The third kappa shape index (κ3) is 7.31. The molecule has 0 saturated heterocycles. The van der Waals surface area contributed by atoms with Crippen molar-refractivity contribution in [2.75, 3.05) is 26.5 Å². The van der Waals surface area contributed by atoms with Gasteiger partial charge < -0.3 is 15.4 Å². The van der Waals surface area contributed by atoms with Gasteiger partial charge in [-0.15, -0.1) is 0 Å². The van der Waals surface area contributed by atoms with Gasteiger partial charge in [-0.3, -0.25) is 4.99 Å². The summed E-state index contributed by atoms with van der Waals surface area (Å²) in [5.41, 5.74) is 1.76. The average molecular weight is 356 g/mol. The molecule has 0 aromatic heterocycles. The molecule has 0 heterocycles. The van der Waals surface area contributed by atoms with Crippen LogP contribution in [0, 0.1) is 6.92 Å². The number of aryl methyl sites for hydroxylation is 1. The lowest BCUT2D eigenvalue weighted by molar-refractivity contribution is 0.0776. The first-order valence-corrected chi connectivity index (χ1v) is 9.99. The lowest BCUT2D eigenvalue weighted by Crippen LogP contribution is -2.37. The van der Waals surface area contributed by atoms with E-state index in [1.165, 1.54) is 6.26 Å². The first-order chi connectivity index (χ1) is 11.2. The first kappa shape index (κ1) is 20.4. The molecule has 0 spiro atoms. The van der Waals surface area contributed by atoms with Gasteiger partial charge >= 0.3 is 0 Å². The van der Waals surface area contributed by atoms with E-state index in [0.29, 0.717) is 24.0 Å². The van der Waals surface area contributed by atoms with Crippen LogP contribution in [0.4, 0.5) is 0 Å². The van der Waals surface area contributed by atoms with Gasteiger partial charge in [-0.1, -0.05) is 12.1 Å². The van der Waals surface area contributed by atoms with Gasteiger partial charge in [0, 0.05) is 33.0 Å². The van der Waals surface area contributed by atoms with Gasteiger partial charge in [0.2, 0.25) is 0 Å². The van der Waals surface area contributed by atoms with Crippen LogP contribution in [0.25, 0.3) is 0 Å². The first-order valence-electron chi connectivity index (χ1n) is 8.09. The molecule has 1 aromatic rings. The number of aliphatic imine (C=N–C) groups is 1. The van der Waals surface area contributed by atoms with Crippen LogP contribution in [0.1, 0.15) is 31.4 Å². The Kier molecular flexibility index (Phi) is 8.21. The van der Waals surface area contributed by atoms with Crippen molar-refractivity contribution < 1.29 is 13.2 Å². The maximum absolute atomic E-state index is 11.6. The van der Waals surface area contributed by atoms with E-state index in [1.807, 2.05) is 32.9 Å². The maximum atomic E-state index is 11.6. The molecule has 0 aliphatic rings. The third-order valence-electron chi connectivity index (χ3n) is 3.39. The third-order valence-corrected chi connectivity index (χ3v) is 4.64. The largest absolute Gasteiger partial charge is 0.379 e. The molecule has 0 amide bonds. The zero-order valence-electron chi connectivity index (χ0n) is 15.2. The molecule has 7 heteroatoms. The Balaban J connectivity index is 2.48. The highest BCUT2D eigenvalue weighted by Crippen LogP contribution is 2.16.